The summed E-state index contributed by atoms with van der Waals surface area (Å²) in [5, 5.41) is 0. The zero-order valence-electron chi connectivity index (χ0n) is 10.7. The number of hydrogen-bond acceptors (Lipinski definition) is 3. The molecule has 3 N–H and O–H groups in total. The predicted molar refractivity (Wildman–Crippen MR) is 69.8 cm³/mol. The van der Waals surface area contributed by atoms with Gasteiger partial charge in [-0.15, -0.1) is 0 Å². The van der Waals surface area contributed by atoms with Crippen LogP contribution in [0.4, 0.5) is 0 Å². The summed E-state index contributed by atoms with van der Waals surface area (Å²) < 4.78 is 5.52. The van der Waals surface area contributed by atoms with Crippen molar-refractivity contribution in [3.8, 4) is 5.75 Å². The van der Waals surface area contributed by atoms with Crippen molar-refractivity contribution >= 4 is 0 Å². The molecule has 1 aliphatic rings. The van der Waals surface area contributed by atoms with E-state index in [0.29, 0.717) is 5.92 Å². The number of nitrogens with one attached hydrogen (secondary N) is 1. The molecule has 2 unspecified atom stereocenters. The molecule has 0 bridgehead atoms. The van der Waals surface area contributed by atoms with Crippen molar-refractivity contribution in [2.24, 2.45) is 11.8 Å². The molecule has 0 aliphatic carbocycles. The smallest absolute Gasteiger partial charge is 0.122 e. The largest absolute Gasteiger partial charge is 0.493 e. The summed E-state index contributed by atoms with van der Waals surface area (Å²) >= 11 is 0. The molecule has 1 aliphatic heterocycles. The lowest BCUT2D eigenvalue weighted by Gasteiger charge is -2.23. The van der Waals surface area contributed by atoms with E-state index in [2.05, 4.69) is 37.5 Å². The summed E-state index contributed by atoms with van der Waals surface area (Å²) in [5.74, 6) is 7.28. The normalized spacial score (nSPS) is 17.4. The van der Waals surface area contributed by atoms with Crippen molar-refractivity contribution in [1.82, 2.24) is 5.43 Å². The lowest BCUT2D eigenvalue weighted by molar-refractivity contribution is 0.356. The molecule has 1 aromatic carbocycles. The van der Waals surface area contributed by atoms with Gasteiger partial charge in [-0.1, -0.05) is 32.4 Å². The Hall–Kier alpha value is -1.06. The van der Waals surface area contributed by atoms with Crippen molar-refractivity contribution in [1.29, 1.82) is 0 Å². The predicted octanol–water partition coefficient (Wildman–Crippen LogP) is 2.56. The van der Waals surface area contributed by atoms with Gasteiger partial charge in [0.2, 0.25) is 0 Å². The molecule has 2 atom stereocenters. The summed E-state index contributed by atoms with van der Waals surface area (Å²) in [5.41, 5.74) is 5.54. The van der Waals surface area contributed by atoms with Gasteiger partial charge < -0.3 is 4.74 Å². The zero-order chi connectivity index (χ0) is 12.3. The Kier molecular flexibility index (Phi) is 4.02. The van der Waals surface area contributed by atoms with E-state index in [1.165, 1.54) is 24.0 Å². The second kappa shape index (κ2) is 5.52. The summed E-state index contributed by atoms with van der Waals surface area (Å²) in [7, 11) is 0. The van der Waals surface area contributed by atoms with E-state index in [-0.39, 0.29) is 6.04 Å². The Bertz CT molecular complexity index is 378. The quantitative estimate of drug-likeness (QED) is 0.608. The molecule has 0 fully saturated rings. The maximum absolute atomic E-state index is 5.70. The van der Waals surface area contributed by atoms with E-state index in [9.17, 15) is 0 Å². The van der Waals surface area contributed by atoms with Crippen LogP contribution < -0.4 is 16.0 Å². The second-order valence-electron chi connectivity index (χ2n) is 4.88. The van der Waals surface area contributed by atoms with Crippen LogP contribution >= 0.6 is 0 Å². The molecule has 1 aromatic rings. The van der Waals surface area contributed by atoms with E-state index < -0.39 is 0 Å². The Morgan fingerprint density at radius 1 is 1.47 bits per heavy atom. The Balaban J connectivity index is 2.19. The average Bonchev–Trinajstić information content (AvgIpc) is 2.77. The maximum atomic E-state index is 5.70. The highest BCUT2D eigenvalue weighted by molar-refractivity contribution is 5.40. The van der Waals surface area contributed by atoms with Gasteiger partial charge >= 0.3 is 0 Å². The highest BCUT2D eigenvalue weighted by atomic mass is 16.5. The fourth-order valence-electron chi connectivity index (χ4n) is 2.61. The highest BCUT2D eigenvalue weighted by Gasteiger charge is 2.20. The van der Waals surface area contributed by atoms with Gasteiger partial charge in [0.15, 0.2) is 0 Å². The maximum Gasteiger partial charge on any atom is 0.122 e. The summed E-state index contributed by atoms with van der Waals surface area (Å²) in [6.45, 7) is 5.27. The van der Waals surface area contributed by atoms with E-state index >= 15 is 0 Å². The molecule has 0 saturated heterocycles. The van der Waals surface area contributed by atoms with Crippen molar-refractivity contribution in [2.45, 2.75) is 39.2 Å². The standard InChI is InChI=1S/C14H22N2O/c1-3-4-10(2)14(16-15)12-5-6-13-11(9-12)7-8-17-13/h5-6,9-10,14,16H,3-4,7-8,15H2,1-2H3. The first-order chi connectivity index (χ1) is 8.26. The van der Waals surface area contributed by atoms with Gasteiger partial charge in [0.1, 0.15) is 5.75 Å². The molecule has 2 rings (SSSR count). The number of hydrogen-bond donors (Lipinski definition) is 2. The summed E-state index contributed by atoms with van der Waals surface area (Å²) in [6, 6.07) is 6.67. The van der Waals surface area contributed by atoms with Crippen LogP contribution in [0.5, 0.6) is 5.75 Å². The van der Waals surface area contributed by atoms with Crippen molar-refractivity contribution in [3.05, 3.63) is 29.3 Å². The zero-order valence-corrected chi connectivity index (χ0v) is 10.7. The monoisotopic (exact) mass is 234 g/mol. The number of benzene rings is 1. The minimum absolute atomic E-state index is 0.237. The number of ether oxygens (including phenoxy) is 1. The van der Waals surface area contributed by atoms with Gasteiger partial charge in [-0.3, -0.25) is 11.3 Å². The first-order valence-electron chi connectivity index (χ1n) is 6.48. The molecule has 0 amide bonds. The van der Waals surface area contributed by atoms with Crippen LogP contribution in [0.25, 0.3) is 0 Å². The van der Waals surface area contributed by atoms with Gasteiger partial charge in [0, 0.05) is 12.5 Å². The molecule has 17 heavy (non-hydrogen) atoms. The Labute approximate surface area is 103 Å². The fourth-order valence-corrected chi connectivity index (χ4v) is 2.61. The van der Waals surface area contributed by atoms with Crippen LogP contribution in [0.1, 0.15) is 43.9 Å². The molecule has 3 nitrogen and oxygen atoms in total. The van der Waals surface area contributed by atoms with E-state index in [1.54, 1.807) is 0 Å². The van der Waals surface area contributed by atoms with Crippen LogP contribution in [-0.2, 0) is 6.42 Å². The lowest BCUT2D eigenvalue weighted by atomic mass is 9.90. The first-order valence-corrected chi connectivity index (χ1v) is 6.48. The Morgan fingerprint density at radius 3 is 3.00 bits per heavy atom. The van der Waals surface area contributed by atoms with Crippen LogP contribution in [0, 0.1) is 5.92 Å². The molecule has 1 heterocycles. The van der Waals surface area contributed by atoms with Crippen LogP contribution in [0.15, 0.2) is 18.2 Å². The summed E-state index contributed by atoms with van der Waals surface area (Å²) in [6.07, 6.45) is 3.39. The van der Waals surface area contributed by atoms with Crippen molar-refractivity contribution < 1.29 is 4.74 Å². The fraction of sp³-hybridized carbons (Fsp3) is 0.571. The third-order valence-corrected chi connectivity index (χ3v) is 3.57. The molecule has 0 spiro atoms. The second-order valence-corrected chi connectivity index (χ2v) is 4.88. The summed E-state index contributed by atoms with van der Waals surface area (Å²) in [4.78, 5) is 0. The molecular weight excluding hydrogens is 212 g/mol. The third-order valence-electron chi connectivity index (χ3n) is 3.57. The van der Waals surface area contributed by atoms with Gasteiger partial charge in [-0.25, -0.2) is 0 Å². The molecular formula is C14H22N2O. The average molecular weight is 234 g/mol. The number of nitrogens with two attached hydrogens (primary N) is 1. The van der Waals surface area contributed by atoms with Crippen molar-refractivity contribution in [2.75, 3.05) is 6.61 Å². The van der Waals surface area contributed by atoms with Gasteiger partial charge in [-0.2, -0.15) is 0 Å². The van der Waals surface area contributed by atoms with Gasteiger partial charge in [0.25, 0.3) is 0 Å². The molecule has 0 radical (unpaired) electrons. The molecule has 0 aromatic heterocycles. The molecule has 0 saturated carbocycles. The van der Waals surface area contributed by atoms with E-state index in [1.807, 2.05) is 0 Å². The lowest BCUT2D eigenvalue weighted by Crippen LogP contribution is -2.32. The van der Waals surface area contributed by atoms with Gasteiger partial charge in [-0.05, 0) is 29.5 Å². The first kappa shape index (κ1) is 12.4. The van der Waals surface area contributed by atoms with Gasteiger partial charge in [0.05, 0.1) is 6.61 Å². The van der Waals surface area contributed by atoms with E-state index in [4.69, 9.17) is 10.6 Å². The van der Waals surface area contributed by atoms with Crippen LogP contribution in [-0.4, -0.2) is 6.61 Å². The third kappa shape index (κ3) is 2.61. The van der Waals surface area contributed by atoms with Crippen LogP contribution in [0.2, 0.25) is 0 Å². The minimum atomic E-state index is 0.237. The topological polar surface area (TPSA) is 47.3 Å². The molecule has 94 valence electrons. The number of rotatable bonds is 5. The number of fused-ring (bicyclic) bond motifs is 1. The highest BCUT2D eigenvalue weighted by Crippen LogP contribution is 2.31. The SMILES string of the molecule is CCCC(C)C(NN)c1ccc2c(c1)CCO2. The van der Waals surface area contributed by atoms with Crippen molar-refractivity contribution in [3.63, 3.8) is 0 Å². The number of hydrazine groups is 1. The Morgan fingerprint density at radius 2 is 2.29 bits per heavy atom. The van der Waals surface area contributed by atoms with Crippen LogP contribution in [0.3, 0.4) is 0 Å². The van der Waals surface area contributed by atoms with E-state index in [0.717, 1.165) is 18.8 Å². The minimum Gasteiger partial charge on any atom is -0.493 e. The molecule has 3 heteroatoms.